The van der Waals surface area contributed by atoms with Crippen LogP contribution in [0.1, 0.15) is 21.5 Å². The third kappa shape index (κ3) is 6.05. The van der Waals surface area contributed by atoms with Crippen LogP contribution in [0.5, 0.6) is 5.75 Å². The molecule has 0 bridgehead atoms. The molecule has 0 saturated carbocycles. The van der Waals surface area contributed by atoms with E-state index in [2.05, 4.69) is 10.6 Å². The number of hydrogen-bond donors (Lipinski definition) is 2. The number of carbonyl (C=O) groups is 4. The number of methoxy groups -OCH3 is 1. The fourth-order valence-electron chi connectivity index (χ4n) is 3.00. The average Bonchev–Trinajstić information content (AvgIpc) is 3.10. The number of urea groups is 1. The number of nitrogens with zero attached hydrogens (tertiary/aromatic N) is 1. The van der Waals surface area contributed by atoms with Crippen LogP contribution in [0.25, 0.3) is 0 Å². The van der Waals surface area contributed by atoms with Gasteiger partial charge < -0.3 is 20.1 Å². The molecule has 2 N–H and O–H groups in total. The first-order chi connectivity index (χ1) is 15.0. The second kappa shape index (κ2) is 10.2. The molecule has 0 atom stereocenters. The molecular formula is C22H23N3O6. The second-order valence-electron chi connectivity index (χ2n) is 6.86. The predicted molar refractivity (Wildman–Crippen MR) is 110 cm³/mol. The minimum absolute atomic E-state index is 0.0336. The lowest BCUT2D eigenvalue weighted by Crippen LogP contribution is -2.31. The maximum Gasteiger partial charge on any atom is 0.338 e. The maximum absolute atomic E-state index is 12.2. The highest BCUT2D eigenvalue weighted by atomic mass is 16.5. The molecule has 1 aliphatic rings. The van der Waals surface area contributed by atoms with E-state index in [0.717, 1.165) is 16.2 Å². The Balaban J connectivity index is 1.43. The summed E-state index contributed by atoms with van der Waals surface area (Å²) in [6.45, 7) is 0.0224. The first-order valence-corrected chi connectivity index (χ1v) is 9.70. The third-order valence-electron chi connectivity index (χ3n) is 4.67. The summed E-state index contributed by atoms with van der Waals surface area (Å²) in [4.78, 5) is 48.6. The van der Waals surface area contributed by atoms with E-state index in [4.69, 9.17) is 9.47 Å². The Hall–Kier alpha value is -3.88. The van der Waals surface area contributed by atoms with Crippen LogP contribution in [0.3, 0.4) is 0 Å². The molecule has 31 heavy (non-hydrogen) atoms. The number of nitrogens with one attached hydrogen (secondary N) is 2. The van der Waals surface area contributed by atoms with E-state index in [9.17, 15) is 19.2 Å². The quantitative estimate of drug-likeness (QED) is 0.462. The zero-order chi connectivity index (χ0) is 22.2. The fraction of sp³-hybridized carbons (Fsp3) is 0.273. The van der Waals surface area contributed by atoms with Crippen molar-refractivity contribution < 1.29 is 28.7 Å². The number of amides is 4. The summed E-state index contributed by atoms with van der Waals surface area (Å²) in [6, 6.07) is 13.4. The highest BCUT2D eigenvalue weighted by Crippen LogP contribution is 2.13. The molecule has 9 heteroatoms. The number of esters is 1. The molecule has 4 amide bonds. The minimum Gasteiger partial charge on any atom is -0.497 e. The maximum atomic E-state index is 12.2. The van der Waals surface area contributed by atoms with Crippen molar-refractivity contribution in [2.24, 2.45) is 0 Å². The van der Waals surface area contributed by atoms with Crippen molar-refractivity contribution in [3.05, 3.63) is 65.2 Å². The summed E-state index contributed by atoms with van der Waals surface area (Å²) in [5, 5.41) is 5.14. The summed E-state index contributed by atoms with van der Waals surface area (Å²) < 4.78 is 10.2. The van der Waals surface area contributed by atoms with E-state index >= 15 is 0 Å². The lowest BCUT2D eigenvalue weighted by atomic mass is 10.1. The van der Waals surface area contributed by atoms with Gasteiger partial charge in [0.25, 0.3) is 5.91 Å². The molecule has 162 valence electrons. The van der Waals surface area contributed by atoms with E-state index in [1.54, 1.807) is 25.3 Å². The van der Waals surface area contributed by atoms with Gasteiger partial charge in [-0.25, -0.2) is 9.59 Å². The van der Waals surface area contributed by atoms with Crippen LogP contribution in [-0.2, 0) is 27.3 Å². The zero-order valence-electron chi connectivity index (χ0n) is 17.1. The lowest BCUT2D eigenvalue weighted by molar-refractivity contribution is -0.125. The van der Waals surface area contributed by atoms with Gasteiger partial charge in [-0.15, -0.1) is 0 Å². The van der Waals surface area contributed by atoms with Gasteiger partial charge in [-0.3, -0.25) is 14.5 Å². The van der Waals surface area contributed by atoms with Gasteiger partial charge in [0.05, 0.1) is 25.8 Å². The van der Waals surface area contributed by atoms with Gasteiger partial charge in [-0.05, 0) is 41.8 Å². The minimum atomic E-state index is -0.663. The molecule has 3 rings (SSSR count). The smallest absolute Gasteiger partial charge is 0.338 e. The van der Waals surface area contributed by atoms with E-state index in [1.807, 2.05) is 24.3 Å². The summed E-state index contributed by atoms with van der Waals surface area (Å²) in [6.07, 6.45) is 0.633. The molecule has 2 aromatic carbocycles. The molecule has 1 aliphatic heterocycles. The summed E-state index contributed by atoms with van der Waals surface area (Å²) in [5.41, 5.74) is 1.87. The average molecular weight is 425 g/mol. The molecular weight excluding hydrogens is 402 g/mol. The highest BCUT2D eigenvalue weighted by Gasteiger charge is 2.28. The van der Waals surface area contributed by atoms with Crippen molar-refractivity contribution in [1.29, 1.82) is 0 Å². The Bertz CT molecular complexity index is 957. The first-order valence-electron chi connectivity index (χ1n) is 9.70. The Labute approximate surface area is 179 Å². The normalized spacial score (nSPS) is 13.0. The molecule has 1 heterocycles. The van der Waals surface area contributed by atoms with E-state index in [0.29, 0.717) is 18.5 Å². The number of imide groups is 1. The molecule has 0 spiro atoms. The summed E-state index contributed by atoms with van der Waals surface area (Å²) >= 11 is 0. The summed E-state index contributed by atoms with van der Waals surface area (Å²) in [7, 11) is 1.60. The number of rotatable bonds is 9. The van der Waals surface area contributed by atoms with Gasteiger partial charge in [0.15, 0.2) is 6.61 Å². The second-order valence-corrected chi connectivity index (χ2v) is 6.86. The number of benzene rings is 2. The van der Waals surface area contributed by atoms with Gasteiger partial charge in [-0.1, -0.05) is 24.3 Å². The molecule has 9 nitrogen and oxygen atoms in total. The van der Waals surface area contributed by atoms with Crippen molar-refractivity contribution >= 4 is 23.8 Å². The topological polar surface area (TPSA) is 114 Å². The SMILES string of the molecule is COc1ccc(CCNC(=O)COC(=O)c2cccc(CN3C(=O)CNC3=O)c2)cc1. The van der Waals surface area contributed by atoms with Crippen LogP contribution in [0.15, 0.2) is 48.5 Å². The molecule has 2 aromatic rings. The van der Waals surface area contributed by atoms with Gasteiger partial charge in [0, 0.05) is 6.54 Å². The third-order valence-corrected chi connectivity index (χ3v) is 4.67. The van der Waals surface area contributed by atoms with Gasteiger partial charge >= 0.3 is 12.0 Å². The number of ether oxygens (including phenoxy) is 2. The van der Waals surface area contributed by atoms with Crippen LogP contribution in [-0.4, -0.2) is 55.5 Å². The molecule has 1 saturated heterocycles. The van der Waals surface area contributed by atoms with E-state index < -0.39 is 24.5 Å². The van der Waals surface area contributed by atoms with Gasteiger partial charge in [0.1, 0.15) is 5.75 Å². The lowest BCUT2D eigenvalue weighted by Gasteiger charge is -2.13. The number of carbonyl (C=O) groups excluding carboxylic acids is 4. The van der Waals surface area contributed by atoms with Crippen LogP contribution in [0, 0.1) is 0 Å². The first kappa shape index (κ1) is 21.8. The highest BCUT2D eigenvalue weighted by molar-refractivity contribution is 6.01. The number of hydrogen-bond acceptors (Lipinski definition) is 6. The van der Waals surface area contributed by atoms with Crippen LogP contribution in [0.4, 0.5) is 4.79 Å². The van der Waals surface area contributed by atoms with E-state index in [-0.39, 0.29) is 24.6 Å². The Morgan fingerprint density at radius 2 is 1.87 bits per heavy atom. The van der Waals surface area contributed by atoms with Crippen LogP contribution in [0.2, 0.25) is 0 Å². The molecule has 0 radical (unpaired) electrons. The Kier molecular flexibility index (Phi) is 7.21. The van der Waals surface area contributed by atoms with E-state index in [1.165, 1.54) is 6.07 Å². The van der Waals surface area contributed by atoms with Gasteiger partial charge in [-0.2, -0.15) is 0 Å². The monoisotopic (exact) mass is 425 g/mol. The van der Waals surface area contributed by atoms with Crippen molar-refractivity contribution in [3.63, 3.8) is 0 Å². The van der Waals surface area contributed by atoms with Gasteiger partial charge in [0.2, 0.25) is 5.91 Å². The predicted octanol–water partition coefficient (Wildman–Crippen LogP) is 1.26. The Morgan fingerprint density at radius 1 is 1.10 bits per heavy atom. The van der Waals surface area contributed by atoms with Crippen molar-refractivity contribution in [1.82, 2.24) is 15.5 Å². The van der Waals surface area contributed by atoms with Crippen LogP contribution < -0.4 is 15.4 Å². The standard InChI is InChI=1S/C22H23N3O6/c1-30-18-7-5-15(6-8-18)9-10-23-19(26)14-31-21(28)17-4-2-3-16(11-17)13-25-20(27)12-24-22(25)29/h2-8,11H,9-10,12-14H2,1H3,(H,23,26)(H,24,29). The van der Waals surface area contributed by atoms with Crippen molar-refractivity contribution in [3.8, 4) is 5.75 Å². The molecule has 1 fully saturated rings. The Morgan fingerprint density at radius 3 is 2.55 bits per heavy atom. The van der Waals surface area contributed by atoms with Crippen molar-refractivity contribution in [2.75, 3.05) is 26.8 Å². The van der Waals surface area contributed by atoms with Crippen molar-refractivity contribution in [2.45, 2.75) is 13.0 Å². The molecule has 0 unspecified atom stereocenters. The largest absolute Gasteiger partial charge is 0.497 e. The zero-order valence-corrected chi connectivity index (χ0v) is 17.1. The fourth-order valence-corrected chi connectivity index (χ4v) is 3.00. The molecule has 0 aromatic heterocycles. The van der Waals surface area contributed by atoms with Crippen LogP contribution >= 0.6 is 0 Å². The summed E-state index contributed by atoms with van der Waals surface area (Å²) in [5.74, 6) is -0.634. The molecule has 0 aliphatic carbocycles.